The molecule has 2 aromatic heterocycles. The van der Waals surface area contributed by atoms with Crippen molar-refractivity contribution in [3.63, 3.8) is 0 Å². The number of carboxylic acid groups (broad SMARTS) is 1. The maximum Gasteiger partial charge on any atom is 0.324 e. The van der Waals surface area contributed by atoms with Gasteiger partial charge < -0.3 is 25.2 Å². The Morgan fingerprint density at radius 1 is 1.16 bits per heavy atom. The Balaban J connectivity index is 1.30. The molecule has 0 bridgehead atoms. The van der Waals surface area contributed by atoms with Crippen LogP contribution in [0.5, 0.6) is 11.5 Å². The van der Waals surface area contributed by atoms with E-state index in [9.17, 15) is 14.7 Å². The monoisotopic (exact) mass is 632 g/mol. The van der Waals surface area contributed by atoms with E-state index in [0.29, 0.717) is 44.0 Å². The number of rotatable bonds is 6. The van der Waals surface area contributed by atoms with E-state index in [0.717, 1.165) is 64.3 Å². The quantitative estimate of drug-likeness (QED) is 0.273. The molecular weight excluding hydrogens is 588 g/mol. The second-order valence-electron chi connectivity index (χ2n) is 13.1. The van der Waals surface area contributed by atoms with Crippen molar-refractivity contribution in [1.29, 1.82) is 0 Å². The second kappa shape index (κ2) is 13.1. The number of pyridine rings is 1. The Labute approximate surface area is 268 Å². The van der Waals surface area contributed by atoms with Gasteiger partial charge in [0, 0.05) is 40.8 Å². The third-order valence-corrected chi connectivity index (χ3v) is 10.7. The third kappa shape index (κ3) is 6.45. The molecule has 3 aliphatic rings. The second-order valence-corrected chi connectivity index (χ2v) is 14.0. The number of carbonyl (C=O) groups excluding carboxylic acids is 1. The van der Waals surface area contributed by atoms with Crippen LogP contribution in [-0.2, 0) is 9.59 Å². The number of nitrogens with zero attached hydrogens (tertiary/aromatic N) is 2. The smallest absolute Gasteiger partial charge is 0.324 e. The summed E-state index contributed by atoms with van der Waals surface area (Å²) in [4.78, 5) is 35.7. The lowest BCUT2D eigenvalue weighted by Crippen LogP contribution is -2.45. The largest absolute Gasteiger partial charge is 0.496 e. The molecule has 3 aromatic rings. The van der Waals surface area contributed by atoms with Gasteiger partial charge in [-0.05, 0) is 76.0 Å². The number of aliphatic carboxylic acids is 1. The number of benzene rings is 1. The average molecular weight is 633 g/mol. The lowest BCUT2D eigenvalue weighted by molar-refractivity contribution is -0.141. The molecule has 45 heavy (non-hydrogen) atoms. The number of amides is 1. The van der Waals surface area contributed by atoms with Crippen LogP contribution in [-0.4, -0.2) is 58.8 Å². The molecule has 0 radical (unpaired) electrons. The molecule has 1 aromatic carbocycles. The number of hydrogen-bond acceptors (Lipinski definition) is 8. The van der Waals surface area contributed by atoms with Crippen molar-refractivity contribution in [2.75, 3.05) is 20.2 Å². The summed E-state index contributed by atoms with van der Waals surface area (Å²) in [6.07, 6.45) is 9.67. The average Bonchev–Trinajstić information content (AvgIpc) is 3.31. The SMILES string of the molecule is COc1ccc2c(O[C@@H]3C[C@H]4CN[C@]5(C(=O)O)CC5/C=C\CCCCCNC(=O)[C@@H]4C3)cc(-c3nc(C(C)C)cs3)nc2c1C. The molecule has 240 valence electrons. The predicted molar refractivity (Wildman–Crippen MR) is 176 cm³/mol. The van der Waals surface area contributed by atoms with Crippen LogP contribution in [0.4, 0.5) is 0 Å². The highest BCUT2D eigenvalue weighted by molar-refractivity contribution is 7.13. The van der Waals surface area contributed by atoms with Crippen molar-refractivity contribution in [1.82, 2.24) is 20.6 Å². The summed E-state index contributed by atoms with van der Waals surface area (Å²) in [5.41, 5.74) is 2.54. The maximum absolute atomic E-state index is 13.5. The van der Waals surface area contributed by atoms with Crippen LogP contribution in [0.1, 0.15) is 76.0 Å². The Morgan fingerprint density at radius 3 is 2.76 bits per heavy atom. The zero-order valence-corrected chi connectivity index (χ0v) is 27.4. The molecule has 5 atom stereocenters. The molecule has 1 aliphatic heterocycles. The van der Waals surface area contributed by atoms with Gasteiger partial charge in [-0.25, -0.2) is 9.97 Å². The van der Waals surface area contributed by atoms with Gasteiger partial charge in [0.2, 0.25) is 5.91 Å². The van der Waals surface area contributed by atoms with E-state index < -0.39 is 11.5 Å². The predicted octanol–water partition coefficient (Wildman–Crippen LogP) is 6.25. The van der Waals surface area contributed by atoms with E-state index in [1.165, 1.54) is 0 Å². The maximum atomic E-state index is 13.5. The van der Waals surface area contributed by atoms with Crippen LogP contribution >= 0.6 is 11.3 Å². The zero-order chi connectivity index (χ0) is 31.7. The number of allylic oxidation sites excluding steroid dienone is 1. The van der Waals surface area contributed by atoms with Crippen molar-refractivity contribution < 1.29 is 24.2 Å². The molecule has 10 heteroatoms. The van der Waals surface area contributed by atoms with E-state index in [4.69, 9.17) is 19.4 Å². The highest BCUT2D eigenvalue weighted by Crippen LogP contribution is 2.46. The first-order chi connectivity index (χ1) is 21.7. The number of methoxy groups -OCH3 is 1. The van der Waals surface area contributed by atoms with Gasteiger partial charge in [-0.3, -0.25) is 9.59 Å². The summed E-state index contributed by atoms with van der Waals surface area (Å²) in [5, 5.41) is 20.5. The van der Waals surface area contributed by atoms with E-state index in [1.807, 2.05) is 25.1 Å². The van der Waals surface area contributed by atoms with Crippen molar-refractivity contribution in [2.45, 2.75) is 83.3 Å². The number of aryl methyl sites for hydroxylation is 1. The van der Waals surface area contributed by atoms with E-state index >= 15 is 0 Å². The van der Waals surface area contributed by atoms with Gasteiger partial charge in [-0.1, -0.05) is 32.4 Å². The fourth-order valence-electron chi connectivity index (χ4n) is 6.90. The van der Waals surface area contributed by atoms with Crippen molar-refractivity contribution in [2.24, 2.45) is 17.8 Å². The summed E-state index contributed by atoms with van der Waals surface area (Å²) in [5.74, 6) is 0.632. The molecular formula is C35H44N4O5S. The molecule has 1 unspecified atom stereocenters. The molecule has 0 spiro atoms. The first-order valence-electron chi connectivity index (χ1n) is 16.2. The minimum Gasteiger partial charge on any atom is -0.496 e. The summed E-state index contributed by atoms with van der Waals surface area (Å²) in [6, 6.07) is 5.88. The Morgan fingerprint density at radius 2 is 2.00 bits per heavy atom. The summed E-state index contributed by atoms with van der Waals surface area (Å²) >= 11 is 1.57. The van der Waals surface area contributed by atoms with Gasteiger partial charge in [0.05, 0.1) is 24.4 Å². The number of carbonyl (C=O) groups is 2. The van der Waals surface area contributed by atoms with Crippen LogP contribution in [0.2, 0.25) is 0 Å². The number of fused-ring (bicyclic) bond motifs is 3. The summed E-state index contributed by atoms with van der Waals surface area (Å²) < 4.78 is 12.4. The molecule has 1 amide bonds. The Hall–Kier alpha value is -3.50. The summed E-state index contributed by atoms with van der Waals surface area (Å²) in [6.45, 7) is 7.35. The van der Waals surface area contributed by atoms with Gasteiger partial charge in [-0.2, -0.15) is 0 Å². The lowest BCUT2D eigenvalue weighted by atomic mass is 9.94. The third-order valence-electron chi connectivity index (χ3n) is 9.77. The molecule has 2 fully saturated rings. The van der Waals surface area contributed by atoms with Gasteiger partial charge in [0.1, 0.15) is 27.7 Å². The highest BCUT2D eigenvalue weighted by Gasteiger charge is 2.59. The topological polar surface area (TPSA) is 123 Å². The molecule has 3 N–H and O–H groups in total. The zero-order valence-electron chi connectivity index (χ0n) is 26.6. The number of ether oxygens (including phenoxy) is 2. The molecule has 3 heterocycles. The van der Waals surface area contributed by atoms with Crippen LogP contribution < -0.4 is 20.1 Å². The van der Waals surface area contributed by atoms with Gasteiger partial charge >= 0.3 is 5.97 Å². The summed E-state index contributed by atoms with van der Waals surface area (Å²) in [7, 11) is 1.66. The van der Waals surface area contributed by atoms with Crippen molar-refractivity contribution >= 4 is 34.1 Å². The highest BCUT2D eigenvalue weighted by atomic mass is 32.1. The molecule has 0 saturated heterocycles. The number of hydrogen-bond donors (Lipinski definition) is 3. The minimum absolute atomic E-state index is 0.0234. The van der Waals surface area contributed by atoms with Crippen molar-refractivity contribution in [3.05, 3.63) is 47.0 Å². The van der Waals surface area contributed by atoms with Crippen LogP contribution in [0.15, 0.2) is 35.7 Å². The van der Waals surface area contributed by atoms with Gasteiger partial charge in [0.15, 0.2) is 0 Å². The number of nitrogens with one attached hydrogen (secondary N) is 2. The Bertz CT molecular complexity index is 1600. The first-order valence-corrected chi connectivity index (χ1v) is 17.1. The van der Waals surface area contributed by atoms with Crippen LogP contribution in [0, 0.1) is 24.7 Å². The number of carboxylic acids is 1. The first kappa shape index (κ1) is 31.5. The van der Waals surface area contributed by atoms with E-state index in [-0.39, 0.29) is 29.8 Å². The lowest BCUT2D eigenvalue weighted by Gasteiger charge is -2.22. The normalized spacial score (nSPS) is 28.0. The molecule has 2 aliphatic carbocycles. The van der Waals surface area contributed by atoms with E-state index in [2.05, 4.69) is 42.0 Å². The fourth-order valence-corrected chi connectivity index (χ4v) is 7.84. The van der Waals surface area contributed by atoms with Crippen LogP contribution in [0.25, 0.3) is 21.6 Å². The van der Waals surface area contributed by atoms with Gasteiger partial charge in [0.25, 0.3) is 0 Å². The number of aromatic nitrogens is 2. The standard InChI is InChI=1S/C35H44N4O5S/c1-20(2)28-19-45-33(39-28)27-16-30(25-11-12-29(43-4)21(3)31(25)38-27)44-24-14-22-18-37-35(34(41)42)17-23(35)10-8-6-5-7-9-13-36-32(40)26(22)15-24/h8,10-12,16,19-20,22-24,26,37H,5-7,9,13-15,17-18H2,1-4H3,(H,36,40)(H,41,42)/b10-8-/t22-,23?,24+,26+,35+/m0/s1. The molecule has 2 saturated carbocycles. The van der Waals surface area contributed by atoms with Crippen LogP contribution in [0.3, 0.4) is 0 Å². The molecule has 9 nitrogen and oxygen atoms in total. The molecule has 6 rings (SSSR count). The minimum atomic E-state index is -0.952. The van der Waals surface area contributed by atoms with Gasteiger partial charge in [-0.15, -0.1) is 11.3 Å². The van der Waals surface area contributed by atoms with Crippen molar-refractivity contribution in [3.8, 4) is 22.2 Å². The number of thiazole rings is 1. The van der Waals surface area contributed by atoms with E-state index in [1.54, 1.807) is 18.4 Å². The fraction of sp³-hybridized carbons (Fsp3) is 0.543. The Kier molecular flexibility index (Phi) is 9.15.